The predicted molar refractivity (Wildman–Crippen MR) is 181 cm³/mol. The van der Waals surface area contributed by atoms with Crippen molar-refractivity contribution in [1.29, 1.82) is 0 Å². The minimum absolute atomic E-state index is 0.0680. The molecule has 0 aromatic heterocycles. The topological polar surface area (TPSA) is 181 Å². The molecule has 15 heteroatoms. The van der Waals surface area contributed by atoms with E-state index in [-0.39, 0.29) is 26.0 Å². The highest BCUT2D eigenvalue weighted by molar-refractivity contribution is 7.91. The lowest BCUT2D eigenvalue weighted by molar-refractivity contribution is -0.141. The molecule has 0 radical (unpaired) electrons. The van der Waals surface area contributed by atoms with Crippen molar-refractivity contribution in [2.24, 2.45) is 11.8 Å². The van der Waals surface area contributed by atoms with Crippen molar-refractivity contribution < 1.29 is 41.9 Å². The summed E-state index contributed by atoms with van der Waals surface area (Å²) in [4.78, 5) is 70.8. The molecule has 3 N–H and O–H groups in total. The molecule has 4 bridgehead atoms. The number of carbonyl (C=O) groups is 5. The van der Waals surface area contributed by atoms with E-state index < -0.39 is 80.7 Å². The SMILES string of the molecule is C=C[C@@H]1C[C@]1(NC(=O)[C@@H]1C[C@@H]2CN1C(=O)[C@H](C(C)C)NC(=O)OCCCCCCc1cccc3c1CN(C3)C(=O)O2)C(=O)NS(=O)(=O)C1CC1. The Morgan fingerprint density at radius 3 is 2.52 bits per heavy atom. The molecule has 3 fully saturated rings. The van der Waals surface area contributed by atoms with Gasteiger partial charge in [0.15, 0.2) is 0 Å². The van der Waals surface area contributed by atoms with Crippen molar-refractivity contribution in [2.75, 3.05) is 13.2 Å². The molecule has 0 unspecified atom stereocenters. The summed E-state index contributed by atoms with van der Waals surface area (Å²) in [6.45, 7) is 8.08. The number of aryl methyl sites for hydroxylation is 1. The monoisotopic (exact) mass is 713 g/mol. The first-order valence-electron chi connectivity index (χ1n) is 17.6. The highest BCUT2D eigenvalue weighted by atomic mass is 32.2. The van der Waals surface area contributed by atoms with Crippen molar-refractivity contribution in [3.63, 3.8) is 0 Å². The maximum absolute atomic E-state index is 14.2. The maximum atomic E-state index is 14.2. The first-order valence-corrected chi connectivity index (χ1v) is 19.2. The van der Waals surface area contributed by atoms with E-state index in [2.05, 4.69) is 28.0 Å². The van der Waals surface area contributed by atoms with Crippen LogP contribution in [0.5, 0.6) is 0 Å². The number of ether oxygens (including phenoxy) is 2. The number of benzene rings is 1. The molecule has 6 rings (SSSR count). The van der Waals surface area contributed by atoms with E-state index in [1.165, 1.54) is 16.5 Å². The van der Waals surface area contributed by atoms with Crippen LogP contribution < -0.4 is 15.4 Å². The molecule has 5 aliphatic rings. The number of carbonyl (C=O) groups excluding carboxylic acids is 5. The molecule has 5 atom stereocenters. The number of fused-ring (bicyclic) bond motifs is 3. The van der Waals surface area contributed by atoms with E-state index in [0.717, 1.165) is 36.8 Å². The van der Waals surface area contributed by atoms with Gasteiger partial charge < -0.3 is 25.0 Å². The van der Waals surface area contributed by atoms with Gasteiger partial charge in [0.25, 0.3) is 5.91 Å². The third-order valence-electron chi connectivity index (χ3n) is 10.5. The molecule has 1 aromatic rings. The van der Waals surface area contributed by atoms with Crippen molar-refractivity contribution in [1.82, 2.24) is 25.2 Å². The molecular formula is C35H47N5O9S. The fourth-order valence-electron chi connectivity index (χ4n) is 7.26. The van der Waals surface area contributed by atoms with Crippen LogP contribution in [0.3, 0.4) is 0 Å². The van der Waals surface area contributed by atoms with Crippen LogP contribution in [0.2, 0.25) is 0 Å². The number of alkyl carbamates (subject to hydrolysis) is 1. The van der Waals surface area contributed by atoms with Crippen molar-refractivity contribution in [3.8, 4) is 0 Å². The third kappa shape index (κ3) is 7.47. The molecule has 2 saturated carbocycles. The van der Waals surface area contributed by atoms with E-state index in [1.54, 1.807) is 18.7 Å². The Morgan fingerprint density at radius 2 is 1.82 bits per heavy atom. The number of rotatable bonds is 7. The minimum Gasteiger partial charge on any atom is -0.450 e. The Kier molecular flexibility index (Phi) is 10.2. The van der Waals surface area contributed by atoms with Gasteiger partial charge in [-0.1, -0.05) is 51.0 Å². The van der Waals surface area contributed by atoms with Crippen LogP contribution in [0.1, 0.15) is 81.9 Å². The summed E-state index contributed by atoms with van der Waals surface area (Å²) in [5.41, 5.74) is 1.77. The van der Waals surface area contributed by atoms with Gasteiger partial charge in [-0.3, -0.25) is 24.0 Å². The molecule has 272 valence electrons. The Morgan fingerprint density at radius 1 is 1.08 bits per heavy atom. The average Bonchev–Trinajstić information content (AvgIpc) is 3.96. The smallest absolute Gasteiger partial charge is 0.410 e. The molecule has 1 aromatic carbocycles. The van der Waals surface area contributed by atoms with E-state index in [9.17, 15) is 32.4 Å². The number of hydrogen-bond acceptors (Lipinski definition) is 9. The Bertz CT molecular complexity index is 1660. The largest absolute Gasteiger partial charge is 0.450 e. The Hall–Kier alpha value is -4.14. The maximum Gasteiger partial charge on any atom is 0.410 e. The van der Waals surface area contributed by atoms with Crippen LogP contribution >= 0.6 is 0 Å². The second-order valence-corrected chi connectivity index (χ2v) is 16.5. The zero-order valence-corrected chi connectivity index (χ0v) is 29.5. The molecule has 3 aliphatic heterocycles. The number of amides is 5. The fraction of sp³-hybridized carbons (Fsp3) is 0.629. The predicted octanol–water partition coefficient (Wildman–Crippen LogP) is 2.64. The van der Waals surface area contributed by atoms with E-state index in [1.807, 2.05) is 12.1 Å². The minimum atomic E-state index is -3.90. The zero-order chi connectivity index (χ0) is 35.8. The second kappa shape index (κ2) is 14.2. The summed E-state index contributed by atoms with van der Waals surface area (Å²) >= 11 is 0. The Balaban J connectivity index is 1.24. The van der Waals surface area contributed by atoms with Gasteiger partial charge >= 0.3 is 12.2 Å². The van der Waals surface area contributed by atoms with Crippen LogP contribution in [0.15, 0.2) is 30.9 Å². The molecular weight excluding hydrogens is 666 g/mol. The quantitative estimate of drug-likeness (QED) is 0.358. The van der Waals surface area contributed by atoms with Crippen LogP contribution in [0, 0.1) is 11.8 Å². The summed E-state index contributed by atoms with van der Waals surface area (Å²) in [7, 11) is -3.90. The normalized spacial score (nSPS) is 29.1. The Labute approximate surface area is 292 Å². The van der Waals surface area contributed by atoms with Crippen LogP contribution in [-0.2, 0) is 53.4 Å². The number of hydrogen-bond donors (Lipinski definition) is 3. The van der Waals surface area contributed by atoms with Gasteiger partial charge in [0.05, 0.1) is 18.4 Å². The lowest BCUT2D eigenvalue weighted by atomic mass is 9.98. The summed E-state index contributed by atoms with van der Waals surface area (Å²) < 4.78 is 38.7. The van der Waals surface area contributed by atoms with Gasteiger partial charge in [0.1, 0.15) is 23.7 Å². The van der Waals surface area contributed by atoms with Gasteiger partial charge in [-0.25, -0.2) is 18.0 Å². The first kappa shape index (κ1) is 35.7. The molecule has 14 nitrogen and oxygen atoms in total. The summed E-state index contributed by atoms with van der Waals surface area (Å²) in [6, 6.07) is 3.82. The van der Waals surface area contributed by atoms with Crippen molar-refractivity contribution >= 4 is 39.9 Å². The molecule has 2 aliphatic carbocycles. The number of nitrogens with one attached hydrogen (secondary N) is 3. The van der Waals surface area contributed by atoms with Crippen molar-refractivity contribution in [2.45, 2.75) is 114 Å². The lowest BCUT2D eigenvalue weighted by Gasteiger charge is -2.31. The standard InChI is InChI=1S/C35H47N5O9S/c1-4-24-17-35(24,32(43)38-50(46,47)26-13-14-26)37-30(41)28-16-25-19-40(28)31(42)29(21(2)3)36-33(44)48-15-8-6-5-7-10-22-11-9-12-23-18-39(20-27(22)23)34(45)49-25/h4,9,11-12,21,24-26,28-29H,1,5-8,10,13-20H2,2-3H3,(H,36,44)(H,37,41)(H,38,43)/t24-,25-,28+,29+,35-/m1/s1. The molecule has 0 spiro atoms. The summed E-state index contributed by atoms with van der Waals surface area (Å²) in [5, 5.41) is 4.75. The van der Waals surface area contributed by atoms with Crippen LogP contribution in [0.4, 0.5) is 9.59 Å². The fourth-order valence-corrected chi connectivity index (χ4v) is 8.63. The van der Waals surface area contributed by atoms with Crippen LogP contribution in [-0.4, -0.2) is 90.3 Å². The number of nitrogens with zero attached hydrogens (tertiary/aromatic N) is 2. The first-order chi connectivity index (χ1) is 23.8. The number of cyclic esters (lactones) is 1. The van der Waals surface area contributed by atoms with Crippen LogP contribution in [0.25, 0.3) is 0 Å². The highest BCUT2D eigenvalue weighted by Crippen LogP contribution is 2.45. The summed E-state index contributed by atoms with van der Waals surface area (Å²) in [5.74, 6) is -3.06. The third-order valence-corrected chi connectivity index (χ3v) is 12.3. The molecule has 1 saturated heterocycles. The van der Waals surface area contributed by atoms with E-state index >= 15 is 0 Å². The van der Waals surface area contributed by atoms with Gasteiger partial charge in [-0.2, -0.15) is 0 Å². The molecule has 3 heterocycles. The lowest BCUT2D eigenvalue weighted by Crippen LogP contribution is -2.59. The van der Waals surface area contributed by atoms with Gasteiger partial charge in [0, 0.05) is 25.4 Å². The van der Waals surface area contributed by atoms with Gasteiger partial charge in [-0.05, 0) is 61.1 Å². The molecule has 5 amide bonds. The zero-order valence-electron chi connectivity index (χ0n) is 28.6. The van der Waals surface area contributed by atoms with Gasteiger partial charge in [0.2, 0.25) is 21.8 Å². The summed E-state index contributed by atoms with van der Waals surface area (Å²) in [6.07, 6.45) is 4.54. The highest BCUT2D eigenvalue weighted by Gasteiger charge is 2.62. The average molecular weight is 714 g/mol. The van der Waals surface area contributed by atoms with Gasteiger partial charge in [-0.15, -0.1) is 6.58 Å². The number of sulfonamides is 1. The van der Waals surface area contributed by atoms with E-state index in [4.69, 9.17) is 9.47 Å². The van der Waals surface area contributed by atoms with Crippen molar-refractivity contribution in [3.05, 3.63) is 47.5 Å². The van der Waals surface area contributed by atoms with E-state index in [0.29, 0.717) is 32.4 Å². The second-order valence-electron chi connectivity index (χ2n) is 14.5. The molecule has 50 heavy (non-hydrogen) atoms.